The molecule has 1 fully saturated rings. The van der Waals surface area contributed by atoms with Gasteiger partial charge in [-0.1, -0.05) is 49.1 Å². The highest BCUT2D eigenvalue weighted by molar-refractivity contribution is 7.09. The summed E-state index contributed by atoms with van der Waals surface area (Å²) in [6, 6.07) is 11.5. The number of nitrogen functional groups attached to an aromatic ring is 1. The zero-order valence-corrected chi connectivity index (χ0v) is 22.5. The third kappa shape index (κ3) is 5.53. The van der Waals surface area contributed by atoms with Crippen molar-refractivity contribution < 1.29 is 23.9 Å². The maximum atomic E-state index is 14.3. The normalized spacial score (nSPS) is 15.8. The number of nitrogens with two attached hydrogens (primary N) is 2. The summed E-state index contributed by atoms with van der Waals surface area (Å²) in [7, 11) is 0. The number of rotatable bonds is 7. The number of nitrogens with zero attached hydrogens (tertiary/aromatic N) is 2. The molecule has 1 aliphatic heterocycles. The van der Waals surface area contributed by atoms with Gasteiger partial charge in [-0.2, -0.15) is 4.37 Å². The molecule has 5 rings (SSSR count). The minimum atomic E-state index is -1.04. The molecule has 0 saturated heterocycles. The molecule has 0 radical (unpaired) electrons. The van der Waals surface area contributed by atoms with Crippen LogP contribution in [0.1, 0.15) is 69.4 Å². The number of carbonyl (C=O) groups is 3. The molecule has 10 nitrogen and oxygen atoms in total. The van der Waals surface area contributed by atoms with Crippen molar-refractivity contribution in [2.75, 3.05) is 23.8 Å². The first kappa shape index (κ1) is 26.5. The number of amides is 3. The smallest absolute Gasteiger partial charge is 0.273 e. The molecule has 3 aromatic rings. The Morgan fingerprint density at radius 1 is 1.03 bits per heavy atom. The van der Waals surface area contributed by atoms with Crippen LogP contribution < -0.4 is 31.2 Å². The van der Waals surface area contributed by atoms with Crippen molar-refractivity contribution in [3.8, 4) is 11.5 Å². The molecule has 1 atom stereocenters. The highest BCUT2D eigenvalue weighted by Crippen LogP contribution is 2.39. The number of primary amides is 1. The van der Waals surface area contributed by atoms with Crippen molar-refractivity contribution in [1.82, 2.24) is 9.69 Å². The van der Waals surface area contributed by atoms with Crippen LogP contribution in [0.4, 0.5) is 11.4 Å². The molecule has 0 bridgehead atoms. The van der Waals surface area contributed by atoms with E-state index in [9.17, 15) is 14.4 Å². The third-order valence-corrected chi connectivity index (χ3v) is 7.88. The fourth-order valence-electron chi connectivity index (χ4n) is 5.00. The average molecular weight is 550 g/mol. The number of nitrogens with one attached hydrogen (secondary N) is 1. The molecule has 11 heteroatoms. The quantitative estimate of drug-likeness (QED) is 0.406. The van der Waals surface area contributed by atoms with Crippen LogP contribution in [0.3, 0.4) is 0 Å². The van der Waals surface area contributed by atoms with Gasteiger partial charge in [-0.3, -0.25) is 19.3 Å². The number of anilines is 2. The Morgan fingerprint density at radius 2 is 1.72 bits per heavy atom. The van der Waals surface area contributed by atoms with Gasteiger partial charge in [0.1, 0.15) is 24.1 Å². The van der Waals surface area contributed by atoms with E-state index in [-0.39, 0.29) is 28.2 Å². The predicted octanol–water partition coefficient (Wildman–Crippen LogP) is 3.74. The summed E-state index contributed by atoms with van der Waals surface area (Å²) >= 11 is 0.772. The monoisotopic (exact) mass is 549 g/mol. The summed E-state index contributed by atoms with van der Waals surface area (Å²) in [6.45, 7) is 2.73. The number of fused-ring (bicyclic) bond motifs is 1. The molecule has 2 aromatic carbocycles. The molecule has 2 heterocycles. The molecular formula is C28H31N5O5S. The minimum Gasteiger partial charge on any atom is -0.486 e. The zero-order valence-electron chi connectivity index (χ0n) is 21.6. The largest absolute Gasteiger partial charge is 0.486 e. The fraction of sp³-hybridized carbons (Fsp3) is 0.357. The van der Waals surface area contributed by atoms with Crippen molar-refractivity contribution in [2.24, 2.45) is 5.73 Å². The molecule has 0 spiro atoms. The zero-order chi connectivity index (χ0) is 27.5. The van der Waals surface area contributed by atoms with Gasteiger partial charge in [0.15, 0.2) is 17.2 Å². The van der Waals surface area contributed by atoms with E-state index in [0.29, 0.717) is 36.0 Å². The fourth-order valence-corrected chi connectivity index (χ4v) is 5.74. The Hall–Kier alpha value is -4.12. The first-order valence-corrected chi connectivity index (χ1v) is 13.8. The molecule has 1 aromatic heterocycles. The van der Waals surface area contributed by atoms with E-state index in [2.05, 4.69) is 9.69 Å². The second-order valence-electron chi connectivity index (χ2n) is 9.80. The number of hydrogen-bond donors (Lipinski definition) is 3. The second-order valence-corrected chi connectivity index (χ2v) is 10.6. The third-order valence-electron chi connectivity index (χ3n) is 7.03. The van der Waals surface area contributed by atoms with E-state index in [1.54, 1.807) is 18.2 Å². The van der Waals surface area contributed by atoms with Gasteiger partial charge in [-0.05, 0) is 49.0 Å². The predicted molar refractivity (Wildman–Crippen MR) is 148 cm³/mol. The first-order valence-electron chi connectivity index (χ1n) is 13.0. The van der Waals surface area contributed by atoms with E-state index in [4.69, 9.17) is 20.9 Å². The number of ether oxygens (including phenoxy) is 2. The van der Waals surface area contributed by atoms with Gasteiger partial charge >= 0.3 is 0 Å². The van der Waals surface area contributed by atoms with Crippen molar-refractivity contribution >= 4 is 40.6 Å². The Morgan fingerprint density at radius 3 is 2.38 bits per heavy atom. The van der Waals surface area contributed by atoms with Gasteiger partial charge in [-0.25, -0.2) is 0 Å². The standard InChI is InChI=1S/C28H31N5O5S/c1-16-7-9-17(10-8-16)24(27(35)31-18-5-3-2-4-6-18)33(19-11-12-20-21(15-19)38-14-13-37-20)28(36)25-22(29)23(26(30)34)32-39-25/h7-12,15,18,24H,2-6,13-14,29H2,1H3,(H2,30,34)(H,31,35). The first-order chi connectivity index (χ1) is 18.8. The Balaban J connectivity index is 1.63. The lowest BCUT2D eigenvalue weighted by atomic mass is 9.94. The molecule has 39 heavy (non-hydrogen) atoms. The summed E-state index contributed by atoms with van der Waals surface area (Å²) in [4.78, 5) is 41.6. The topological polar surface area (TPSA) is 150 Å². The molecule has 1 saturated carbocycles. The SMILES string of the molecule is Cc1ccc(C(C(=O)NC2CCCCC2)N(C(=O)c2snc(C(N)=O)c2N)c2ccc3c(c2)OCCO3)cc1. The highest BCUT2D eigenvalue weighted by atomic mass is 32.1. The average Bonchev–Trinajstić information content (AvgIpc) is 3.33. The van der Waals surface area contributed by atoms with Crippen LogP contribution in [0, 0.1) is 6.92 Å². The van der Waals surface area contributed by atoms with Gasteiger partial charge in [0, 0.05) is 17.8 Å². The summed E-state index contributed by atoms with van der Waals surface area (Å²) in [5, 5.41) is 3.18. The number of benzene rings is 2. The summed E-state index contributed by atoms with van der Waals surface area (Å²) < 4.78 is 15.5. The lowest BCUT2D eigenvalue weighted by Crippen LogP contribution is -2.47. The lowest BCUT2D eigenvalue weighted by Gasteiger charge is -2.34. The maximum Gasteiger partial charge on any atom is 0.273 e. The van der Waals surface area contributed by atoms with Crippen LogP contribution in [0.25, 0.3) is 0 Å². The Bertz CT molecular complexity index is 1380. The van der Waals surface area contributed by atoms with E-state index in [0.717, 1.165) is 49.2 Å². The Kier molecular flexibility index (Phi) is 7.69. The molecule has 5 N–H and O–H groups in total. The van der Waals surface area contributed by atoms with E-state index in [1.807, 2.05) is 31.2 Å². The number of carbonyl (C=O) groups excluding carboxylic acids is 3. The van der Waals surface area contributed by atoms with Gasteiger partial charge < -0.3 is 26.3 Å². The van der Waals surface area contributed by atoms with Crippen LogP contribution in [0.15, 0.2) is 42.5 Å². The summed E-state index contributed by atoms with van der Waals surface area (Å²) in [5.41, 5.74) is 13.3. The maximum absolute atomic E-state index is 14.3. The minimum absolute atomic E-state index is 0.0151. The van der Waals surface area contributed by atoms with Crippen LogP contribution in [0.5, 0.6) is 11.5 Å². The second kappa shape index (κ2) is 11.3. The molecule has 204 valence electrons. The van der Waals surface area contributed by atoms with Crippen molar-refractivity contribution in [3.05, 3.63) is 64.2 Å². The van der Waals surface area contributed by atoms with Crippen LogP contribution in [0.2, 0.25) is 0 Å². The molecule has 2 aliphatic rings. The van der Waals surface area contributed by atoms with Crippen molar-refractivity contribution in [3.63, 3.8) is 0 Å². The molecule has 3 amide bonds. The van der Waals surface area contributed by atoms with Gasteiger partial charge in [0.2, 0.25) is 5.91 Å². The molecule has 1 aliphatic carbocycles. The lowest BCUT2D eigenvalue weighted by molar-refractivity contribution is -0.123. The number of aryl methyl sites for hydroxylation is 1. The van der Waals surface area contributed by atoms with Crippen LogP contribution in [-0.4, -0.2) is 41.4 Å². The number of aromatic nitrogens is 1. The van der Waals surface area contributed by atoms with Crippen LogP contribution >= 0.6 is 11.5 Å². The van der Waals surface area contributed by atoms with Gasteiger partial charge in [0.05, 0.1) is 5.69 Å². The van der Waals surface area contributed by atoms with E-state index in [1.165, 1.54) is 4.90 Å². The highest BCUT2D eigenvalue weighted by Gasteiger charge is 2.37. The van der Waals surface area contributed by atoms with Crippen LogP contribution in [-0.2, 0) is 4.79 Å². The van der Waals surface area contributed by atoms with Crippen molar-refractivity contribution in [2.45, 2.75) is 51.1 Å². The van der Waals surface area contributed by atoms with Crippen molar-refractivity contribution in [1.29, 1.82) is 0 Å². The van der Waals surface area contributed by atoms with Gasteiger partial charge in [0.25, 0.3) is 11.8 Å². The summed E-state index contributed by atoms with van der Waals surface area (Å²) in [6.07, 6.45) is 4.99. The molecular weight excluding hydrogens is 518 g/mol. The number of hydrogen-bond acceptors (Lipinski definition) is 8. The van der Waals surface area contributed by atoms with E-state index >= 15 is 0 Å². The van der Waals surface area contributed by atoms with E-state index < -0.39 is 17.9 Å². The van der Waals surface area contributed by atoms with Gasteiger partial charge in [-0.15, -0.1) is 0 Å². The Labute approximate surface area is 230 Å². The summed E-state index contributed by atoms with van der Waals surface area (Å²) in [5.74, 6) is -0.726. The molecule has 1 unspecified atom stereocenters.